The van der Waals surface area contributed by atoms with E-state index >= 15 is 0 Å². The number of benzene rings is 1. The summed E-state index contributed by atoms with van der Waals surface area (Å²) in [6, 6.07) is 5.18. The van der Waals surface area contributed by atoms with Crippen LogP contribution in [0.4, 0.5) is 0 Å². The first kappa shape index (κ1) is 14.7. The van der Waals surface area contributed by atoms with Crippen LogP contribution in [0.1, 0.15) is 24.5 Å². The Hall–Kier alpha value is -1.26. The second kappa shape index (κ2) is 6.24. The number of hydrogen-bond donors (Lipinski definition) is 1. The van der Waals surface area contributed by atoms with Gasteiger partial charge in [-0.25, -0.2) is 0 Å². The second-order valence-electron chi connectivity index (χ2n) is 6.00. The minimum atomic E-state index is 0.527. The molecule has 0 radical (unpaired) electrons. The molecule has 4 heteroatoms. The molecule has 2 aliphatic rings. The van der Waals surface area contributed by atoms with Gasteiger partial charge in [0.05, 0.1) is 14.2 Å². The Morgan fingerprint density at radius 1 is 1.14 bits per heavy atom. The molecular formula is C17H26N2O2. The predicted octanol–water partition coefficient (Wildman–Crippen LogP) is 1.85. The topological polar surface area (TPSA) is 33.7 Å². The molecule has 1 N–H and O–H groups in total. The van der Waals surface area contributed by atoms with Crippen molar-refractivity contribution < 1.29 is 9.47 Å². The average molecular weight is 290 g/mol. The van der Waals surface area contributed by atoms with Crippen molar-refractivity contribution in [3.8, 4) is 11.5 Å². The van der Waals surface area contributed by atoms with E-state index in [2.05, 4.69) is 17.1 Å². The Balaban J connectivity index is 1.96. The maximum absolute atomic E-state index is 5.59. The van der Waals surface area contributed by atoms with Gasteiger partial charge in [-0.1, -0.05) is 6.92 Å². The third kappa shape index (κ3) is 2.62. The van der Waals surface area contributed by atoms with Crippen LogP contribution in [-0.4, -0.2) is 50.8 Å². The molecule has 116 valence electrons. The lowest BCUT2D eigenvalue weighted by molar-refractivity contribution is 0.110. The van der Waals surface area contributed by atoms with Gasteiger partial charge in [-0.2, -0.15) is 0 Å². The quantitative estimate of drug-likeness (QED) is 0.918. The van der Waals surface area contributed by atoms with Crippen LogP contribution in [0.2, 0.25) is 0 Å². The normalized spacial score (nSPS) is 25.1. The maximum atomic E-state index is 5.59. The number of fused-ring (bicyclic) bond motifs is 2. The van der Waals surface area contributed by atoms with Gasteiger partial charge in [0.15, 0.2) is 0 Å². The van der Waals surface area contributed by atoms with Gasteiger partial charge in [0.1, 0.15) is 11.5 Å². The minimum absolute atomic E-state index is 0.527. The van der Waals surface area contributed by atoms with Crippen molar-refractivity contribution in [3.63, 3.8) is 0 Å². The zero-order chi connectivity index (χ0) is 14.8. The smallest absolute Gasteiger partial charge is 0.122 e. The van der Waals surface area contributed by atoms with Gasteiger partial charge in [0.25, 0.3) is 0 Å². The Morgan fingerprint density at radius 2 is 1.81 bits per heavy atom. The predicted molar refractivity (Wildman–Crippen MR) is 84.4 cm³/mol. The van der Waals surface area contributed by atoms with E-state index in [0.717, 1.165) is 37.4 Å². The lowest BCUT2D eigenvalue weighted by Gasteiger charge is -2.45. The Kier molecular flexibility index (Phi) is 4.36. The van der Waals surface area contributed by atoms with Crippen molar-refractivity contribution in [1.82, 2.24) is 10.2 Å². The second-order valence-corrected chi connectivity index (χ2v) is 6.00. The van der Waals surface area contributed by atoms with Crippen LogP contribution < -0.4 is 14.8 Å². The largest absolute Gasteiger partial charge is 0.496 e. The standard InChI is InChI=1S/C17H26N2O2/c1-4-8-19-9-7-18-14-10-12-13(11-15(14)19)17(21-3)6-5-16(12)20-2/h5-6,14-15,18H,4,7-11H2,1-3H3/t14-,15-/m0/s1. The first-order chi connectivity index (χ1) is 10.3. The van der Waals surface area contributed by atoms with E-state index in [-0.39, 0.29) is 0 Å². The fourth-order valence-corrected chi connectivity index (χ4v) is 3.90. The molecular weight excluding hydrogens is 264 g/mol. The summed E-state index contributed by atoms with van der Waals surface area (Å²) in [5.41, 5.74) is 2.66. The summed E-state index contributed by atoms with van der Waals surface area (Å²) in [6.45, 7) is 5.68. The molecule has 1 aliphatic carbocycles. The molecule has 1 aromatic rings. The van der Waals surface area contributed by atoms with E-state index in [1.807, 2.05) is 12.1 Å². The maximum Gasteiger partial charge on any atom is 0.122 e. The molecule has 3 rings (SSSR count). The highest BCUT2D eigenvalue weighted by molar-refractivity contribution is 5.51. The molecule has 2 atom stereocenters. The Labute approximate surface area is 127 Å². The number of hydrogen-bond acceptors (Lipinski definition) is 4. The fourth-order valence-electron chi connectivity index (χ4n) is 3.90. The highest BCUT2D eigenvalue weighted by Gasteiger charge is 2.37. The number of nitrogens with one attached hydrogen (secondary N) is 1. The van der Waals surface area contributed by atoms with E-state index < -0.39 is 0 Å². The summed E-state index contributed by atoms with van der Waals surface area (Å²) in [5.74, 6) is 2.00. The van der Waals surface area contributed by atoms with E-state index in [4.69, 9.17) is 9.47 Å². The van der Waals surface area contributed by atoms with Crippen molar-refractivity contribution in [1.29, 1.82) is 0 Å². The summed E-state index contributed by atoms with van der Waals surface area (Å²) >= 11 is 0. The van der Waals surface area contributed by atoms with Crippen molar-refractivity contribution in [2.75, 3.05) is 33.9 Å². The molecule has 1 aliphatic heterocycles. The summed E-state index contributed by atoms with van der Waals surface area (Å²) in [4.78, 5) is 2.64. The molecule has 0 bridgehead atoms. The number of ether oxygens (including phenoxy) is 2. The van der Waals surface area contributed by atoms with Gasteiger partial charge in [-0.3, -0.25) is 4.90 Å². The van der Waals surface area contributed by atoms with Crippen LogP contribution in [0.15, 0.2) is 12.1 Å². The van der Waals surface area contributed by atoms with Crippen molar-refractivity contribution in [2.45, 2.75) is 38.3 Å². The highest BCUT2D eigenvalue weighted by Crippen LogP contribution is 2.38. The van der Waals surface area contributed by atoms with E-state index in [1.165, 1.54) is 24.1 Å². The highest BCUT2D eigenvalue weighted by atomic mass is 16.5. The number of piperazine rings is 1. The molecule has 0 saturated carbocycles. The lowest BCUT2D eigenvalue weighted by atomic mass is 9.81. The zero-order valence-corrected chi connectivity index (χ0v) is 13.3. The van der Waals surface area contributed by atoms with Crippen LogP contribution in [-0.2, 0) is 12.8 Å². The molecule has 0 spiro atoms. The van der Waals surface area contributed by atoms with Crippen LogP contribution in [0.25, 0.3) is 0 Å². The molecule has 0 aromatic heterocycles. The van der Waals surface area contributed by atoms with Gasteiger partial charge in [0, 0.05) is 36.3 Å². The van der Waals surface area contributed by atoms with Crippen molar-refractivity contribution in [3.05, 3.63) is 23.3 Å². The average Bonchev–Trinajstić information content (AvgIpc) is 2.52. The van der Waals surface area contributed by atoms with Crippen molar-refractivity contribution >= 4 is 0 Å². The van der Waals surface area contributed by atoms with Crippen LogP contribution >= 0.6 is 0 Å². The molecule has 4 nitrogen and oxygen atoms in total. The third-order valence-electron chi connectivity index (χ3n) is 4.87. The monoisotopic (exact) mass is 290 g/mol. The van der Waals surface area contributed by atoms with E-state index in [1.54, 1.807) is 14.2 Å². The van der Waals surface area contributed by atoms with Crippen LogP contribution in [0.3, 0.4) is 0 Å². The summed E-state index contributed by atoms with van der Waals surface area (Å²) in [6.07, 6.45) is 3.29. The molecule has 1 aromatic carbocycles. The first-order valence-electron chi connectivity index (χ1n) is 7.98. The van der Waals surface area contributed by atoms with Crippen LogP contribution in [0, 0.1) is 0 Å². The Morgan fingerprint density at radius 3 is 2.43 bits per heavy atom. The molecule has 21 heavy (non-hydrogen) atoms. The first-order valence-corrected chi connectivity index (χ1v) is 7.98. The van der Waals surface area contributed by atoms with Gasteiger partial charge >= 0.3 is 0 Å². The zero-order valence-electron chi connectivity index (χ0n) is 13.3. The van der Waals surface area contributed by atoms with Gasteiger partial charge in [0.2, 0.25) is 0 Å². The third-order valence-corrected chi connectivity index (χ3v) is 4.87. The molecule has 1 fully saturated rings. The minimum Gasteiger partial charge on any atom is -0.496 e. The van der Waals surface area contributed by atoms with Gasteiger partial charge < -0.3 is 14.8 Å². The number of nitrogens with zero attached hydrogens (tertiary/aromatic N) is 1. The fraction of sp³-hybridized carbons (Fsp3) is 0.647. The number of rotatable bonds is 4. The lowest BCUT2D eigenvalue weighted by Crippen LogP contribution is -2.61. The summed E-state index contributed by atoms with van der Waals surface area (Å²) < 4.78 is 11.2. The Bertz CT molecular complexity index is 502. The molecule has 0 amide bonds. The van der Waals surface area contributed by atoms with E-state index in [0.29, 0.717) is 12.1 Å². The van der Waals surface area contributed by atoms with Gasteiger partial charge in [-0.15, -0.1) is 0 Å². The summed E-state index contributed by atoms with van der Waals surface area (Å²) in [7, 11) is 3.52. The number of methoxy groups -OCH3 is 2. The molecule has 0 unspecified atom stereocenters. The molecule has 1 heterocycles. The van der Waals surface area contributed by atoms with Crippen LogP contribution in [0.5, 0.6) is 11.5 Å². The van der Waals surface area contributed by atoms with Crippen molar-refractivity contribution in [2.24, 2.45) is 0 Å². The summed E-state index contributed by atoms with van der Waals surface area (Å²) in [5, 5.41) is 3.70. The SMILES string of the molecule is CCCN1CCN[C@H]2Cc3c(OC)ccc(OC)c3C[C@@H]21. The van der Waals surface area contributed by atoms with Gasteiger partial charge in [-0.05, 0) is 37.9 Å². The van der Waals surface area contributed by atoms with E-state index in [9.17, 15) is 0 Å². The molecule has 1 saturated heterocycles.